The van der Waals surface area contributed by atoms with E-state index in [1.165, 1.54) is 0 Å². The molecule has 3 nitrogen and oxygen atoms in total. The van der Waals surface area contributed by atoms with Crippen molar-refractivity contribution in [3.8, 4) is 10.4 Å². The number of thiophene rings is 1. The molecule has 0 fully saturated rings. The molecule has 0 radical (unpaired) electrons. The minimum Gasteiger partial charge on any atom is -0.286 e. The first-order valence-electron chi connectivity index (χ1n) is 6.63. The van der Waals surface area contributed by atoms with Gasteiger partial charge in [-0.25, -0.2) is 4.98 Å². The maximum Gasteiger partial charge on any atom is 0.262 e. The van der Waals surface area contributed by atoms with Crippen LogP contribution < -0.4 is 5.56 Å². The van der Waals surface area contributed by atoms with Crippen LogP contribution in [0.5, 0.6) is 0 Å². The first-order valence-corrected chi connectivity index (χ1v) is 8.96. The molecule has 6 heteroatoms. The summed E-state index contributed by atoms with van der Waals surface area (Å²) in [6.07, 6.45) is 0. The highest BCUT2D eigenvalue weighted by molar-refractivity contribution is 8.00. The fourth-order valence-electron chi connectivity index (χ4n) is 2.48. The number of hydrogen-bond donors (Lipinski definition) is 1. The topological polar surface area (TPSA) is 34.9 Å². The van der Waals surface area contributed by atoms with E-state index in [9.17, 15) is 4.79 Å². The number of hydrogen-bond acceptors (Lipinski definition) is 5. The fraction of sp³-hybridized carbons (Fsp3) is 0.200. The van der Waals surface area contributed by atoms with Gasteiger partial charge in [-0.2, -0.15) is 12.6 Å². The van der Waals surface area contributed by atoms with Gasteiger partial charge in [0.2, 0.25) is 0 Å². The van der Waals surface area contributed by atoms with E-state index in [4.69, 9.17) is 0 Å². The van der Waals surface area contributed by atoms with Crippen LogP contribution in [0.3, 0.4) is 0 Å². The highest BCUT2D eigenvalue weighted by atomic mass is 32.2. The summed E-state index contributed by atoms with van der Waals surface area (Å²) in [4.78, 5) is 19.2. The van der Waals surface area contributed by atoms with Gasteiger partial charge in [-0.1, -0.05) is 42.1 Å². The van der Waals surface area contributed by atoms with Crippen LogP contribution in [-0.4, -0.2) is 20.6 Å². The van der Waals surface area contributed by atoms with E-state index in [2.05, 4.69) is 29.7 Å². The lowest BCUT2D eigenvalue weighted by Gasteiger charge is -2.00. The zero-order valence-corrected chi connectivity index (χ0v) is 13.5. The Morgan fingerprint density at radius 3 is 2.90 bits per heavy atom. The van der Waals surface area contributed by atoms with Gasteiger partial charge in [0.15, 0.2) is 5.16 Å². The molecule has 0 amide bonds. The summed E-state index contributed by atoms with van der Waals surface area (Å²) >= 11 is 7.56. The second-order valence-corrected chi connectivity index (χ2v) is 7.59. The zero-order valence-electron chi connectivity index (χ0n) is 11.0. The molecule has 106 valence electrons. The van der Waals surface area contributed by atoms with Gasteiger partial charge < -0.3 is 0 Å². The van der Waals surface area contributed by atoms with Crippen molar-refractivity contribution in [2.24, 2.45) is 0 Å². The molecular weight excluding hydrogens is 320 g/mol. The number of rotatable bonds is 2. The van der Waals surface area contributed by atoms with E-state index in [-0.39, 0.29) is 5.56 Å². The number of aromatic nitrogens is 2. The largest absolute Gasteiger partial charge is 0.286 e. The molecule has 1 aliphatic heterocycles. The van der Waals surface area contributed by atoms with Crippen LogP contribution in [-0.2, 0) is 6.54 Å². The third-order valence-electron chi connectivity index (χ3n) is 3.54. The third kappa shape index (κ3) is 2.22. The molecule has 0 unspecified atom stereocenters. The molecule has 3 heterocycles. The second kappa shape index (κ2) is 5.19. The third-order valence-corrected chi connectivity index (χ3v) is 6.47. The second-order valence-electron chi connectivity index (χ2n) is 4.93. The molecule has 0 saturated carbocycles. The summed E-state index contributed by atoms with van der Waals surface area (Å²) in [6.45, 7) is 0.710. The quantitative estimate of drug-likeness (QED) is 0.576. The summed E-state index contributed by atoms with van der Waals surface area (Å²) in [5, 5.41) is 1.90. The lowest BCUT2D eigenvalue weighted by atomic mass is 10.2. The predicted octanol–water partition coefficient (Wildman–Crippen LogP) is 3.53. The van der Waals surface area contributed by atoms with E-state index in [1.54, 1.807) is 27.7 Å². The molecule has 2 aromatic heterocycles. The van der Waals surface area contributed by atoms with Crippen LogP contribution in [0.1, 0.15) is 0 Å². The van der Waals surface area contributed by atoms with E-state index in [1.807, 2.05) is 24.3 Å². The smallest absolute Gasteiger partial charge is 0.262 e. The maximum absolute atomic E-state index is 12.6. The zero-order chi connectivity index (χ0) is 14.4. The molecule has 0 bridgehead atoms. The molecule has 21 heavy (non-hydrogen) atoms. The number of fused-ring (bicyclic) bond motifs is 2. The Balaban J connectivity index is 1.88. The van der Waals surface area contributed by atoms with Crippen LogP contribution >= 0.6 is 35.7 Å². The van der Waals surface area contributed by atoms with E-state index in [0.29, 0.717) is 11.8 Å². The van der Waals surface area contributed by atoms with Gasteiger partial charge in [-0.15, -0.1) is 11.3 Å². The summed E-state index contributed by atoms with van der Waals surface area (Å²) in [7, 11) is 0. The molecule has 4 rings (SSSR count). The first-order chi connectivity index (χ1) is 10.3. The summed E-state index contributed by atoms with van der Waals surface area (Å²) in [5.74, 6) is 0.760. The van der Waals surface area contributed by atoms with Gasteiger partial charge in [0.1, 0.15) is 4.83 Å². The first kappa shape index (κ1) is 13.4. The maximum atomic E-state index is 12.6. The van der Waals surface area contributed by atoms with E-state index in [0.717, 1.165) is 31.6 Å². The van der Waals surface area contributed by atoms with Crippen LogP contribution in [0.2, 0.25) is 0 Å². The van der Waals surface area contributed by atoms with Crippen LogP contribution in [0, 0.1) is 0 Å². The van der Waals surface area contributed by atoms with Gasteiger partial charge in [0, 0.05) is 22.4 Å². The molecule has 1 aromatic carbocycles. The van der Waals surface area contributed by atoms with Crippen molar-refractivity contribution in [2.75, 3.05) is 5.75 Å². The van der Waals surface area contributed by atoms with Crippen LogP contribution in [0.15, 0.2) is 46.3 Å². The van der Waals surface area contributed by atoms with Crippen molar-refractivity contribution in [2.45, 2.75) is 17.0 Å². The molecule has 3 aromatic rings. The average molecular weight is 332 g/mol. The van der Waals surface area contributed by atoms with Crippen molar-refractivity contribution in [1.82, 2.24) is 9.55 Å². The number of nitrogens with zero attached hydrogens (tertiary/aromatic N) is 2. The average Bonchev–Trinajstić information content (AvgIpc) is 3.12. The van der Waals surface area contributed by atoms with E-state index >= 15 is 0 Å². The molecule has 1 aliphatic rings. The number of thiol groups is 1. The van der Waals surface area contributed by atoms with Crippen molar-refractivity contribution in [3.05, 3.63) is 46.8 Å². The molecule has 0 spiro atoms. The minimum atomic E-state index is 0.0743. The highest BCUT2D eigenvalue weighted by Gasteiger charge is 2.25. The highest BCUT2D eigenvalue weighted by Crippen LogP contribution is 2.35. The van der Waals surface area contributed by atoms with Crippen molar-refractivity contribution in [1.29, 1.82) is 0 Å². The number of benzene rings is 1. The molecule has 0 saturated heterocycles. The molecule has 0 N–H and O–H groups in total. The Bertz CT molecular complexity index is 870. The lowest BCUT2D eigenvalue weighted by Crippen LogP contribution is -2.21. The van der Waals surface area contributed by atoms with Crippen molar-refractivity contribution < 1.29 is 0 Å². The summed E-state index contributed by atoms with van der Waals surface area (Å²) in [5.41, 5.74) is 1.20. The van der Waals surface area contributed by atoms with Crippen LogP contribution in [0.4, 0.5) is 0 Å². The van der Waals surface area contributed by atoms with Crippen molar-refractivity contribution >= 4 is 45.9 Å². The lowest BCUT2D eigenvalue weighted by molar-refractivity contribution is 0.632. The van der Waals surface area contributed by atoms with Gasteiger partial charge >= 0.3 is 0 Å². The summed E-state index contributed by atoms with van der Waals surface area (Å²) < 4.78 is 1.79. The Labute approximate surface area is 135 Å². The Morgan fingerprint density at radius 2 is 2.14 bits per heavy atom. The molecule has 1 atom stereocenters. The van der Waals surface area contributed by atoms with Gasteiger partial charge in [-0.05, 0) is 11.6 Å². The van der Waals surface area contributed by atoms with Gasteiger partial charge in [0.25, 0.3) is 5.56 Å². The standard InChI is InChI=1S/C15H12N2OS3/c18-14-11-6-12(9-4-2-1-3-5-9)21-13(11)16-15-17(14)7-10(8-19)20-15/h1-6,10,19H,7-8H2/t10-/m1/s1. The fourth-order valence-corrected chi connectivity index (χ4v) is 4.93. The monoisotopic (exact) mass is 332 g/mol. The van der Waals surface area contributed by atoms with Crippen molar-refractivity contribution in [3.63, 3.8) is 0 Å². The molecule has 0 aliphatic carbocycles. The van der Waals surface area contributed by atoms with E-state index < -0.39 is 0 Å². The Kier molecular flexibility index (Phi) is 3.32. The Hall–Kier alpha value is -1.24. The van der Waals surface area contributed by atoms with Crippen LogP contribution in [0.25, 0.3) is 20.7 Å². The van der Waals surface area contributed by atoms with Gasteiger partial charge in [0.05, 0.1) is 5.39 Å². The number of thioether (sulfide) groups is 1. The Morgan fingerprint density at radius 1 is 1.33 bits per heavy atom. The molecular formula is C15H12N2OS3. The normalized spacial score (nSPS) is 17.3. The van der Waals surface area contributed by atoms with Gasteiger partial charge in [-0.3, -0.25) is 9.36 Å². The minimum absolute atomic E-state index is 0.0743. The SMILES string of the molecule is O=c1c2cc(-c3ccccc3)sc2nc2n1C[C@H](CS)S2. The predicted molar refractivity (Wildman–Crippen MR) is 92.8 cm³/mol. The summed E-state index contributed by atoms with van der Waals surface area (Å²) in [6, 6.07) is 12.1.